The molecule has 1 heterocycles. The van der Waals surface area contributed by atoms with Gasteiger partial charge in [-0.2, -0.15) is 0 Å². The van der Waals surface area contributed by atoms with Crippen molar-refractivity contribution in [2.45, 2.75) is 12.5 Å². The van der Waals surface area contributed by atoms with E-state index in [1.54, 1.807) is 24.3 Å². The normalized spacial score (nSPS) is 19.6. The van der Waals surface area contributed by atoms with Crippen LogP contribution in [0.15, 0.2) is 24.3 Å². The Morgan fingerprint density at radius 1 is 1.36 bits per heavy atom. The molecule has 1 saturated heterocycles. The topological polar surface area (TPSA) is 80.8 Å². The van der Waals surface area contributed by atoms with Crippen LogP contribution in [0.1, 0.15) is 16.8 Å². The van der Waals surface area contributed by atoms with E-state index in [-0.39, 0.29) is 17.5 Å². The van der Waals surface area contributed by atoms with Gasteiger partial charge < -0.3 is 9.64 Å². The third-order valence-electron chi connectivity index (χ3n) is 3.57. The van der Waals surface area contributed by atoms with Crippen molar-refractivity contribution in [1.29, 1.82) is 0 Å². The molecule has 120 valence electrons. The number of hydrogen-bond donors (Lipinski definition) is 0. The van der Waals surface area contributed by atoms with Crippen LogP contribution >= 0.6 is 22.6 Å². The maximum Gasteiger partial charge on any atom is 0.339 e. The lowest BCUT2D eigenvalue weighted by Gasteiger charge is -2.23. The van der Waals surface area contributed by atoms with Crippen LogP contribution < -0.4 is 0 Å². The number of halogens is 1. The molecule has 0 bridgehead atoms. The van der Waals surface area contributed by atoms with Gasteiger partial charge in [0.15, 0.2) is 16.4 Å². The molecular weight excluding hydrogens is 421 g/mol. The molecule has 0 saturated carbocycles. The van der Waals surface area contributed by atoms with Gasteiger partial charge in [-0.25, -0.2) is 13.2 Å². The van der Waals surface area contributed by atoms with E-state index in [1.165, 1.54) is 11.9 Å². The Labute approximate surface area is 142 Å². The number of esters is 1. The van der Waals surface area contributed by atoms with Gasteiger partial charge in [-0.15, -0.1) is 0 Å². The van der Waals surface area contributed by atoms with E-state index in [1.807, 2.05) is 22.6 Å². The van der Waals surface area contributed by atoms with Gasteiger partial charge in [-0.05, 0) is 41.1 Å². The predicted octanol–water partition coefficient (Wildman–Crippen LogP) is 1.09. The monoisotopic (exact) mass is 437 g/mol. The first-order chi connectivity index (χ1) is 10.3. The minimum absolute atomic E-state index is 0.0280. The van der Waals surface area contributed by atoms with E-state index in [0.29, 0.717) is 12.0 Å². The molecule has 0 N–H and O–H groups in total. The maximum atomic E-state index is 12.0. The molecule has 2 rings (SSSR count). The van der Waals surface area contributed by atoms with Crippen molar-refractivity contribution in [2.75, 3.05) is 25.2 Å². The van der Waals surface area contributed by atoms with Gasteiger partial charge >= 0.3 is 5.97 Å². The summed E-state index contributed by atoms with van der Waals surface area (Å²) in [6.45, 7) is -0.392. The van der Waals surface area contributed by atoms with Crippen LogP contribution in [0.2, 0.25) is 0 Å². The molecular formula is C14H16INO5S. The molecule has 1 aromatic carbocycles. The number of hydrogen-bond acceptors (Lipinski definition) is 5. The molecule has 1 fully saturated rings. The summed E-state index contributed by atoms with van der Waals surface area (Å²) >= 11 is 2.02. The SMILES string of the molecule is CN(C(=O)COC(=O)c1ccccc1I)C1CCS(=O)(=O)C1. The number of sulfone groups is 1. The van der Waals surface area contributed by atoms with E-state index < -0.39 is 28.3 Å². The molecule has 1 aliphatic rings. The van der Waals surface area contributed by atoms with Gasteiger partial charge in [-0.3, -0.25) is 4.79 Å². The molecule has 8 heteroatoms. The van der Waals surface area contributed by atoms with Crippen LogP contribution in [0.25, 0.3) is 0 Å². The van der Waals surface area contributed by atoms with Crippen LogP contribution in [0.5, 0.6) is 0 Å². The maximum absolute atomic E-state index is 12.0. The van der Waals surface area contributed by atoms with E-state index in [0.717, 1.165) is 3.57 Å². The molecule has 0 spiro atoms. The fraction of sp³-hybridized carbons (Fsp3) is 0.429. The molecule has 1 aromatic rings. The van der Waals surface area contributed by atoms with Crippen LogP contribution in [-0.2, 0) is 19.4 Å². The number of nitrogens with zero attached hydrogens (tertiary/aromatic N) is 1. The van der Waals surface area contributed by atoms with Crippen LogP contribution in [0.3, 0.4) is 0 Å². The van der Waals surface area contributed by atoms with E-state index in [9.17, 15) is 18.0 Å². The van der Waals surface area contributed by atoms with Gasteiger partial charge in [-0.1, -0.05) is 12.1 Å². The number of rotatable bonds is 4. The summed E-state index contributed by atoms with van der Waals surface area (Å²) in [7, 11) is -1.52. The summed E-state index contributed by atoms with van der Waals surface area (Å²) in [5.41, 5.74) is 0.405. The number of likely N-dealkylation sites (N-methyl/N-ethyl adjacent to an activating group) is 1. The van der Waals surface area contributed by atoms with Crippen molar-refractivity contribution >= 4 is 44.3 Å². The summed E-state index contributed by atoms with van der Waals surface area (Å²) in [6.07, 6.45) is 0.426. The summed E-state index contributed by atoms with van der Waals surface area (Å²) in [5, 5.41) is 0. The Morgan fingerprint density at radius 3 is 2.64 bits per heavy atom. The average Bonchev–Trinajstić information content (AvgIpc) is 2.84. The van der Waals surface area contributed by atoms with Gasteiger partial charge in [0.1, 0.15) is 0 Å². The molecule has 1 atom stereocenters. The molecule has 1 aliphatic heterocycles. The molecule has 22 heavy (non-hydrogen) atoms. The molecule has 1 amide bonds. The first-order valence-electron chi connectivity index (χ1n) is 6.68. The smallest absolute Gasteiger partial charge is 0.339 e. The lowest BCUT2D eigenvalue weighted by atomic mass is 10.2. The summed E-state index contributed by atoms with van der Waals surface area (Å²) in [6, 6.07) is 6.58. The lowest BCUT2D eigenvalue weighted by Crippen LogP contribution is -2.40. The molecule has 0 radical (unpaired) electrons. The Hall–Kier alpha value is -1.16. The second-order valence-electron chi connectivity index (χ2n) is 5.12. The van der Waals surface area contributed by atoms with Gasteiger partial charge in [0.2, 0.25) is 0 Å². The first-order valence-corrected chi connectivity index (χ1v) is 9.58. The van der Waals surface area contributed by atoms with Crippen LogP contribution in [0, 0.1) is 3.57 Å². The molecule has 1 unspecified atom stereocenters. The number of benzene rings is 1. The van der Waals surface area contributed by atoms with Crippen LogP contribution in [-0.4, -0.2) is 56.4 Å². The third kappa shape index (κ3) is 4.19. The lowest BCUT2D eigenvalue weighted by molar-refractivity contribution is -0.134. The Kier molecular flexibility index (Phi) is 5.43. The first kappa shape index (κ1) is 17.2. The van der Waals surface area contributed by atoms with Crippen molar-refractivity contribution < 1.29 is 22.7 Å². The highest BCUT2D eigenvalue weighted by atomic mass is 127. The Balaban J connectivity index is 1.90. The van der Waals surface area contributed by atoms with Crippen molar-refractivity contribution in [3.8, 4) is 0 Å². The van der Waals surface area contributed by atoms with E-state index >= 15 is 0 Å². The summed E-state index contributed by atoms with van der Waals surface area (Å²) in [4.78, 5) is 25.3. The summed E-state index contributed by atoms with van der Waals surface area (Å²) < 4.78 is 28.6. The van der Waals surface area contributed by atoms with Crippen molar-refractivity contribution in [1.82, 2.24) is 4.90 Å². The number of carbonyl (C=O) groups is 2. The molecule has 6 nitrogen and oxygen atoms in total. The van der Waals surface area contributed by atoms with Gasteiger partial charge in [0.05, 0.1) is 17.1 Å². The zero-order chi connectivity index (χ0) is 16.3. The van der Waals surface area contributed by atoms with E-state index in [2.05, 4.69) is 0 Å². The second-order valence-corrected chi connectivity index (χ2v) is 8.51. The largest absolute Gasteiger partial charge is 0.452 e. The van der Waals surface area contributed by atoms with Gasteiger partial charge in [0, 0.05) is 16.7 Å². The number of carbonyl (C=O) groups excluding carboxylic acids is 2. The minimum atomic E-state index is -3.06. The highest BCUT2D eigenvalue weighted by molar-refractivity contribution is 14.1. The van der Waals surface area contributed by atoms with Crippen molar-refractivity contribution in [3.63, 3.8) is 0 Å². The zero-order valence-corrected chi connectivity index (χ0v) is 15.0. The standard InChI is InChI=1S/C14H16INO5S/c1-16(10-6-7-22(19,20)9-10)13(17)8-21-14(18)11-4-2-3-5-12(11)15/h2-5,10H,6-9H2,1H3. The molecule has 0 aliphatic carbocycles. The third-order valence-corrected chi connectivity index (χ3v) is 6.26. The second kappa shape index (κ2) is 6.95. The Morgan fingerprint density at radius 2 is 2.05 bits per heavy atom. The predicted molar refractivity (Wildman–Crippen MR) is 89.3 cm³/mol. The highest BCUT2D eigenvalue weighted by Gasteiger charge is 2.32. The number of ether oxygens (including phenoxy) is 1. The van der Waals surface area contributed by atoms with Gasteiger partial charge in [0.25, 0.3) is 5.91 Å². The summed E-state index contributed by atoms with van der Waals surface area (Å²) in [5.74, 6) is -0.899. The quantitative estimate of drug-likeness (QED) is 0.521. The zero-order valence-electron chi connectivity index (χ0n) is 12.0. The fourth-order valence-electron chi connectivity index (χ4n) is 2.22. The van der Waals surface area contributed by atoms with Crippen molar-refractivity contribution in [2.24, 2.45) is 0 Å². The Bertz CT molecular complexity index is 688. The average molecular weight is 437 g/mol. The molecule has 0 aromatic heterocycles. The fourth-order valence-corrected chi connectivity index (χ4v) is 4.60. The number of amides is 1. The minimum Gasteiger partial charge on any atom is -0.452 e. The van der Waals surface area contributed by atoms with Crippen molar-refractivity contribution in [3.05, 3.63) is 33.4 Å². The highest BCUT2D eigenvalue weighted by Crippen LogP contribution is 2.17. The van der Waals surface area contributed by atoms with E-state index in [4.69, 9.17) is 4.74 Å². The van der Waals surface area contributed by atoms with Crippen LogP contribution in [0.4, 0.5) is 0 Å².